The molecule has 1 atom stereocenters. The first kappa shape index (κ1) is 31.4. The maximum Gasteiger partial charge on any atom is 0.124 e. The molecule has 208 valence electrons. The lowest BCUT2D eigenvalue weighted by molar-refractivity contribution is 0.372. The van der Waals surface area contributed by atoms with E-state index in [-0.39, 0.29) is 11.7 Å². The number of nitrogens with two attached hydrogens (primary N) is 2. The quantitative estimate of drug-likeness (QED) is 0.0826. The van der Waals surface area contributed by atoms with E-state index in [1.807, 2.05) is 25.3 Å². The van der Waals surface area contributed by atoms with Crippen LogP contribution in [0, 0.1) is 5.82 Å². The van der Waals surface area contributed by atoms with Crippen molar-refractivity contribution in [2.75, 3.05) is 6.54 Å². The lowest BCUT2D eigenvalue weighted by Crippen LogP contribution is -2.27. The van der Waals surface area contributed by atoms with Crippen molar-refractivity contribution >= 4 is 11.6 Å². The highest BCUT2D eigenvalue weighted by Gasteiger charge is 2.20. The van der Waals surface area contributed by atoms with Gasteiger partial charge in [0.15, 0.2) is 0 Å². The normalized spacial score (nSPS) is 13.2. The molecule has 1 unspecified atom stereocenters. The van der Waals surface area contributed by atoms with Gasteiger partial charge in [0, 0.05) is 54.0 Å². The third-order valence-electron chi connectivity index (χ3n) is 6.65. The molecule has 0 radical (unpaired) electrons. The lowest BCUT2D eigenvalue weighted by Gasteiger charge is -2.24. The Morgan fingerprint density at radius 3 is 2.50 bits per heavy atom. The second kappa shape index (κ2) is 16.9. The molecule has 5 N–H and O–H groups in total. The summed E-state index contributed by atoms with van der Waals surface area (Å²) in [5.74, 6) is 5.73. The maximum atomic E-state index is 13.7. The van der Waals surface area contributed by atoms with Crippen molar-refractivity contribution in [3.8, 4) is 0 Å². The van der Waals surface area contributed by atoms with E-state index >= 15 is 0 Å². The second-order valence-corrected chi connectivity index (χ2v) is 10.4. The predicted octanol–water partition coefficient (Wildman–Crippen LogP) is 7.71. The minimum atomic E-state index is -0.347. The van der Waals surface area contributed by atoms with Gasteiger partial charge >= 0.3 is 0 Å². The zero-order valence-electron chi connectivity index (χ0n) is 23.3. The fourth-order valence-electron chi connectivity index (χ4n) is 4.63. The average molecular weight is 542 g/mol. The Hall–Kier alpha value is -2.83. The van der Waals surface area contributed by atoms with Crippen molar-refractivity contribution in [2.45, 2.75) is 84.6 Å². The van der Waals surface area contributed by atoms with Gasteiger partial charge < -0.3 is 16.1 Å². The van der Waals surface area contributed by atoms with Crippen LogP contribution in [0.1, 0.15) is 89.2 Å². The van der Waals surface area contributed by atoms with Gasteiger partial charge in [0.2, 0.25) is 0 Å². The molecular weight excluding hydrogens is 497 g/mol. The van der Waals surface area contributed by atoms with Crippen LogP contribution in [0.25, 0.3) is 0 Å². The van der Waals surface area contributed by atoms with Crippen molar-refractivity contribution in [1.82, 2.24) is 15.3 Å². The molecule has 0 saturated heterocycles. The SMILES string of the molecule is C=C(C)/C(=C(\CCC/C(N)=C/N(N)CCCCCCC)NCc1ccncc1)C(C)c1ccc(F)cc1Cl. The van der Waals surface area contributed by atoms with E-state index in [1.54, 1.807) is 23.5 Å². The Morgan fingerprint density at radius 1 is 1.13 bits per heavy atom. The summed E-state index contributed by atoms with van der Waals surface area (Å²) in [7, 11) is 0. The number of unbranched alkanes of at least 4 members (excludes halogenated alkanes) is 4. The monoisotopic (exact) mass is 541 g/mol. The summed E-state index contributed by atoms with van der Waals surface area (Å²) in [6.07, 6.45) is 13.8. The Balaban J connectivity index is 2.16. The van der Waals surface area contributed by atoms with Crippen LogP contribution in [0.3, 0.4) is 0 Å². The number of hydrazine groups is 1. The minimum Gasteiger partial charge on any atom is -0.401 e. The maximum absolute atomic E-state index is 13.7. The molecule has 0 aliphatic carbocycles. The summed E-state index contributed by atoms with van der Waals surface area (Å²) >= 11 is 6.45. The number of rotatable bonds is 17. The fourth-order valence-corrected chi connectivity index (χ4v) is 4.96. The molecule has 0 aliphatic rings. The zero-order chi connectivity index (χ0) is 27.9. The average Bonchev–Trinajstić information content (AvgIpc) is 2.87. The molecule has 5 nitrogen and oxygen atoms in total. The molecular formula is C31H45ClFN5. The molecule has 38 heavy (non-hydrogen) atoms. The first-order valence-corrected chi connectivity index (χ1v) is 14.0. The highest BCUT2D eigenvalue weighted by atomic mass is 35.5. The Morgan fingerprint density at radius 2 is 1.84 bits per heavy atom. The molecule has 2 rings (SSSR count). The molecule has 0 spiro atoms. The summed E-state index contributed by atoms with van der Waals surface area (Å²) in [6, 6.07) is 8.55. The first-order valence-electron chi connectivity index (χ1n) is 13.7. The van der Waals surface area contributed by atoms with E-state index < -0.39 is 0 Å². The molecule has 0 bridgehead atoms. The third kappa shape index (κ3) is 10.9. The summed E-state index contributed by atoms with van der Waals surface area (Å²) in [6.45, 7) is 12.0. The Bertz CT molecular complexity index is 1070. The molecule has 2 aromatic rings. The number of allylic oxidation sites excluding steroid dienone is 4. The number of pyridine rings is 1. The molecule has 0 amide bonds. The summed E-state index contributed by atoms with van der Waals surface area (Å²) in [5, 5.41) is 5.75. The van der Waals surface area contributed by atoms with Crippen molar-refractivity contribution < 1.29 is 4.39 Å². The molecule has 0 aliphatic heterocycles. The summed E-state index contributed by atoms with van der Waals surface area (Å²) in [4.78, 5) is 4.11. The Labute approximate surface area is 233 Å². The second-order valence-electron chi connectivity index (χ2n) is 9.98. The number of halogens is 2. The van der Waals surface area contributed by atoms with Crippen molar-refractivity contribution in [3.63, 3.8) is 0 Å². The largest absolute Gasteiger partial charge is 0.401 e. The number of nitrogens with zero attached hydrogens (tertiary/aromatic N) is 2. The van der Waals surface area contributed by atoms with Crippen molar-refractivity contribution in [1.29, 1.82) is 0 Å². The zero-order valence-corrected chi connectivity index (χ0v) is 24.0. The van der Waals surface area contributed by atoms with Gasteiger partial charge in [-0.3, -0.25) is 4.98 Å². The number of aromatic nitrogens is 1. The molecule has 7 heteroatoms. The fraction of sp³-hybridized carbons (Fsp3) is 0.452. The minimum absolute atomic E-state index is 0.0688. The van der Waals surface area contributed by atoms with E-state index in [1.165, 1.54) is 37.8 Å². The van der Waals surface area contributed by atoms with E-state index in [0.29, 0.717) is 11.6 Å². The van der Waals surface area contributed by atoms with Crippen LogP contribution < -0.4 is 16.9 Å². The standard InChI is InChI=1S/C31H45ClFN5/c1-5-6-7-8-9-19-38(35)22-27(34)11-10-12-30(37-21-25-15-17-36-18-16-25)31(23(2)3)24(4)28-14-13-26(33)20-29(28)32/h13-18,20,22,24,37H,2,5-12,19,21,34-35H2,1,3-4H3/b27-22-,31-30-. The van der Waals surface area contributed by atoms with E-state index in [4.69, 9.17) is 23.2 Å². The molecule has 1 heterocycles. The summed E-state index contributed by atoms with van der Waals surface area (Å²) in [5.41, 5.74) is 12.2. The van der Waals surface area contributed by atoms with Gasteiger partial charge in [0.1, 0.15) is 5.82 Å². The van der Waals surface area contributed by atoms with Crippen LogP contribution in [0.4, 0.5) is 4.39 Å². The number of nitrogens with one attached hydrogen (secondary N) is 1. The molecule has 0 saturated carbocycles. The third-order valence-corrected chi connectivity index (χ3v) is 6.97. The topological polar surface area (TPSA) is 80.2 Å². The molecule has 1 aromatic carbocycles. The van der Waals surface area contributed by atoms with Crippen molar-refractivity contribution in [3.05, 3.63) is 100 Å². The van der Waals surface area contributed by atoms with Crippen LogP contribution in [-0.4, -0.2) is 16.5 Å². The van der Waals surface area contributed by atoms with Gasteiger partial charge in [0.25, 0.3) is 0 Å². The van der Waals surface area contributed by atoms with Crippen LogP contribution in [0.5, 0.6) is 0 Å². The molecule has 0 fully saturated rings. The highest BCUT2D eigenvalue weighted by Crippen LogP contribution is 2.36. The van der Waals surface area contributed by atoms with Crippen LogP contribution >= 0.6 is 11.6 Å². The number of hydrogen-bond acceptors (Lipinski definition) is 5. The molecule has 1 aromatic heterocycles. The van der Waals surface area contributed by atoms with Gasteiger partial charge in [-0.15, -0.1) is 0 Å². The summed E-state index contributed by atoms with van der Waals surface area (Å²) < 4.78 is 13.7. The van der Waals surface area contributed by atoms with Gasteiger partial charge in [0.05, 0.1) is 0 Å². The van der Waals surface area contributed by atoms with Crippen LogP contribution in [0.15, 0.2) is 78.0 Å². The van der Waals surface area contributed by atoms with Gasteiger partial charge in [-0.2, -0.15) is 0 Å². The smallest absolute Gasteiger partial charge is 0.124 e. The first-order chi connectivity index (χ1) is 18.2. The van der Waals surface area contributed by atoms with Crippen molar-refractivity contribution in [2.24, 2.45) is 11.6 Å². The predicted molar refractivity (Wildman–Crippen MR) is 159 cm³/mol. The van der Waals surface area contributed by atoms with Gasteiger partial charge in [-0.1, -0.05) is 69.4 Å². The van der Waals surface area contributed by atoms with Crippen LogP contribution in [-0.2, 0) is 6.54 Å². The van der Waals surface area contributed by atoms with E-state index in [0.717, 1.165) is 65.9 Å². The lowest BCUT2D eigenvalue weighted by atomic mass is 9.86. The Kier molecular flexibility index (Phi) is 14.0. The van der Waals surface area contributed by atoms with Gasteiger partial charge in [-0.25, -0.2) is 10.2 Å². The number of hydrogen-bond donors (Lipinski definition) is 3. The highest BCUT2D eigenvalue weighted by molar-refractivity contribution is 6.31. The van der Waals surface area contributed by atoms with E-state index in [9.17, 15) is 4.39 Å². The van der Waals surface area contributed by atoms with E-state index in [2.05, 4.69) is 30.7 Å². The van der Waals surface area contributed by atoms with Crippen LogP contribution in [0.2, 0.25) is 5.02 Å². The van der Waals surface area contributed by atoms with Gasteiger partial charge in [-0.05, 0) is 73.6 Å². The number of benzene rings is 1.